The van der Waals surface area contributed by atoms with Crippen LogP contribution in [0.5, 0.6) is 5.75 Å². The second-order valence-corrected chi connectivity index (χ2v) is 4.24. The van der Waals surface area contributed by atoms with Gasteiger partial charge in [0, 0.05) is 17.7 Å². The van der Waals surface area contributed by atoms with E-state index >= 15 is 0 Å². The monoisotopic (exact) mass is 251 g/mol. The molecule has 1 aromatic rings. The van der Waals surface area contributed by atoms with Gasteiger partial charge in [-0.3, -0.25) is 0 Å². The maximum atomic E-state index is 13.9. The summed E-state index contributed by atoms with van der Waals surface area (Å²) in [6, 6.07) is 5.08. The summed E-state index contributed by atoms with van der Waals surface area (Å²) in [6.07, 6.45) is 3.67. The van der Waals surface area contributed by atoms with Crippen LogP contribution in [-0.2, 0) is 0 Å². The van der Waals surface area contributed by atoms with Crippen LogP contribution in [0.1, 0.15) is 38.3 Å². The standard InChI is InChI=1S/C15H22FNO/c1-4-6-7-10-18-13-8-9-14(15(16)11-13)12(3)17-5-2/h4,8-9,11-12,17H,1,5-7,10H2,2-3H3. The summed E-state index contributed by atoms with van der Waals surface area (Å²) in [5.41, 5.74) is 0.676. The molecule has 1 N–H and O–H groups in total. The second kappa shape index (κ2) is 7.88. The molecular weight excluding hydrogens is 229 g/mol. The first-order valence-corrected chi connectivity index (χ1v) is 6.45. The Morgan fingerprint density at radius 3 is 2.89 bits per heavy atom. The maximum absolute atomic E-state index is 13.9. The van der Waals surface area contributed by atoms with Crippen molar-refractivity contribution in [3.63, 3.8) is 0 Å². The van der Waals surface area contributed by atoms with Gasteiger partial charge in [0.2, 0.25) is 0 Å². The average molecular weight is 251 g/mol. The highest BCUT2D eigenvalue weighted by Crippen LogP contribution is 2.22. The first kappa shape index (κ1) is 14.7. The molecule has 0 aliphatic heterocycles. The van der Waals surface area contributed by atoms with E-state index in [4.69, 9.17) is 4.74 Å². The Bertz CT molecular complexity index is 379. The van der Waals surface area contributed by atoms with Crippen LogP contribution >= 0.6 is 0 Å². The van der Waals surface area contributed by atoms with E-state index in [0.717, 1.165) is 19.4 Å². The first-order chi connectivity index (χ1) is 8.69. The molecule has 0 spiro atoms. The van der Waals surface area contributed by atoms with Crippen LogP contribution in [0.4, 0.5) is 4.39 Å². The molecule has 0 amide bonds. The number of rotatable bonds is 8. The summed E-state index contributed by atoms with van der Waals surface area (Å²) in [4.78, 5) is 0. The van der Waals surface area contributed by atoms with Gasteiger partial charge in [0.25, 0.3) is 0 Å². The zero-order valence-corrected chi connectivity index (χ0v) is 11.2. The molecule has 1 aromatic carbocycles. The van der Waals surface area contributed by atoms with E-state index in [1.54, 1.807) is 6.07 Å². The van der Waals surface area contributed by atoms with Crippen LogP contribution in [0.15, 0.2) is 30.9 Å². The minimum atomic E-state index is -0.218. The van der Waals surface area contributed by atoms with Gasteiger partial charge in [-0.1, -0.05) is 19.1 Å². The van der Waals surface area contributed by atoms with Crippen LogP contribution in [0.2, 0.25) is 0 Å². The van der Waals surface area contributed by atoms with Gasteiger partial charge in [-0.2, -0.15) is 0 Å². The molecule has 0 aliphatic carbocycles. The number of ether oxygens (including phenoxy) is 1. The van der Waals surface area contributed by atoms with E-state index in [2.05, 4.69) is 11.9 Å². The molecule has 0 bridgehead atoms. The minimum Gasteiger partial charge on any atom is -0.493 e. The molecule has 1 unspecified atom stereocenters. The van der Waals surface area contributed by atoms with Gasteiger partial charge in [0.1, 0.15) is 11.6 Å². The molecule has 0 saturated carbocycles. The maximum Gasteiger partial charge on any atom is 0.131 e. The number of halogens is 1. The Hall–Kier alpha value is -1.35. The van der Waals surface area contributed by atoms with E-state index < -0.39 is 0 Å². The van der Waals surface area contributed by atoms with E-state index in [1.807, 2.05) is 26.0 Å². The van der Waals surface area contributed by atoms with Gasteiger partial charge >= 0.3 is 0 Å². The number of nitrogens with one attached hydrogen (secondary N) is 1. The molecule has 1 atom stereocenters. The van der Waals surface area contributed by atoms with Crippen molar-refractivity contribution in [3.05, 3.63) is 42.2 Å². The summed E-state index contributed by atoms with van der Waals surface area (Å²) in [7, 11) is 0. The largest absolute Gasteiger partial charge is 0.493 e. The fraction of sp³-hybridized carbons (Fsp3) is 0.467. The molecule has 0 aliphatic rings. The van der Waals surface area contributed by atoms with Crippen molar-refractivity contribution in [2.45, 2.75) is 32.7 Å². The summed E-state index contributed by atoms with van der Waals surface area (Å²) >= 11 is 0. The van der Waals surface area contributed by atoms with Crippen LogP contribution < -0.4 is 10.1 Å². The van der Waals surface area contributed by atoms with Crippen molar-refractivity contribution in [2.75, 3.05) is 13.2 Å². The quantitative estimate of drug-likeness (QED) is 0.560. The molecule has 0 fully saturated rings. The zero-order valence-electron chi connectivity index (χ0n) is 11.2. The molecule has 0 heterocycles. The predicted molar refractivity (Wildman–Crippen MR) is 73.4 cm³/mol. The van der Waals surface area contributed by atoms with Gasteiger partial charge in [0.15, 0.2) is 0 Å². The van der Waals surface area contributed by atoms with Crippen molar-refractivity contribution < 1.29 is 9.13 Å². The molecule has 0 radical (unpaired) electrons. The molecular formula is C15H22FNO. The lowest BCUT2D eigenvalue weighted by Crippen LogP contribution is -2.18. The van der Waals surface area contributed by atoms with Crippen LogP contribution in [-0.4, -0.2) is 13.2 Å². The number of unbranched alkanes of at least 4 members (excludes halogenated alkanes) is 1. The lowest BCUT2D eigenvalue weighted by molar-refractivity contribution is 0.310. The molecule has 18 heavy (non-hydrogen) atoms. The predicted octanol–water partition coefficient (Wildman–Crippen LogP) is 3.84. The molecule has 0 saturated heterocycles. The lowest BCUT2D eigenvalue weighted by Gasteiger charge is -2.14. The van der Waals surface area contributed by atoms with Crippen molar-refractivity contribution in [2.24, 2.45) is 0 Å². The van der Waals surface area contributed by atoms with Gasteiger partial charge in [-0.25, -0.2) is 4.39 Å². The highest BCUT2D eigenvalue weighted by molar-refractivity contribution is 5.30. The zero-order chi connectivity index (χ0) is 13.4. The molecule has 100 valence electrons. The number of benzene rings is 1. The normalized spacial score (nSPS) is 12.2. The van der Waals surface area contributed by atoms with Crippen LogP contribution in [0, 0.1) is 5.82 Å². The van der Waals surface area contributed by atoms with Gasteiger partial charge < -0.3 is 10.1 Å². The number of allylic oxidation sites excluding steroid dienone is 1. The highest BCUT2D eigenvalue weighted by atomic mass is 19.1. The Morgan fingerprint density at radius 1 is 1.50 bits per heavy atom. The third kappa shape index (κ3) is 4.49. The molecule has 1 rings (SSSR count). The van der Waals surface area contributed by atoms with Crippen molar-refractivity contribution >= 4 is 0 Å². The molecule has 2 nitrogen and oxygen atoms in total. The number of hydrogen-bond donors (Lipinski definition) is 1. The smallest absolute Gasteiger partial charge is 0.131 e. The average Bonchev–Trinajstić information content (AvgIpc) is 2.35. The van der Waals surface area contributed by atoms with E-state index in [9.17, 15) is 4.39 Å². The SMILES string of the molecule is C=CCCCOc1ccc(C(C)NCC)c(F)c1. The third-order valence-electron chi connectivity index (χ3n) is 2.77. The second-order valence-electron chi connectivity index (χ2n) is 4.24. The minimum absolute atomic E-state index is 0.0183. The molecule has 0 aromatic heterocycles. The molecule has 3 heteroatoms. The fourth-order valence-electron chi connectivity index (χ4n) is 1.78. The van der Waals surface area contributed by atoms with Crippen LogP contribution in [0.25, 0.3) is 0 Å². The lowest BCUT2D eigenvalue weighted by atomic mass is 10.1. The van der Waals surface area contributed by atoms with E-state index in [1.165, 1.54) is 6.07 Å². The van der Waals surface area contributed by atoms with Crippen molar-refractivity contribution in [1.29, 1.82) is 0 Å². The summed E-state index contributed by atoms with van der Waals surface area (Å²) in [6.45, 7) is 9.01. The summed E-state index contributed by atoms with van der Waals surface area (Å²) in [5, 5.41) is 3.19. The first-order valence-electron chi connectivity index (χ1n) is 6.45. The van der Waals surface area contributed by atoms with E-state index in [0.29, 0.717) is 17.9 Å². The van der Waals surface area contributed by atoms with E-state index in [-0.39, 0.29) is 11.9 Å². The van der Waals surface area contributed by atoms with Crippen molar-refractivity contribution in [3.8, 4) is 5.75 Å². The topological polar surface area (TPSA) is 21.3 Å². The Labute approximate surface area is 109 Å². The van der Waals surface area contributed by atoms with Gasteiger partial charge in [-0.05, 0) is 32.4 Å². The third-order valence-corrected chi connectivity index (χ3v) is 2.77. The Kier molecular flexibility index (Phi) is 6.44. The number of hydrogen-bond acceptors (Lipinski definition) is 2. The Balaban J connectivity index is 2.58. The summed E-state index contributed by atoms with van der Waals surface area (Å²) in [5.74, 6) is 0.369. The van der Waals surface area contributed by atoms with Gasteiger partial charge in [0.05, 0.1) is 6.61 Å². The van der Waals surface area contributed by atoms with Crippen LogP contribution in [0.3, 0.4) is 0 Å². The fourth-order valence-corrected chi connectivity index (χ4v) is 1.78. The Morgan fingerprint density at radius 2 is 2.28 bits per heavy atom. The van der Waals surface area contributed by atoms with Gasteiger partial charge in [-0.15, -0.1) is 6.58 Å². The highest BCUT2D eigenvalue weighted by Gasteiger charge is 2.10. The van der Waals surface area contributed by atoms with Crippen molar-refractivity contribution in [1.82, 2.24) is 5.32 Å². The summed E-state index contributed by atoms with van der Waals surface area (Å²) < 4.78 is 19.3.